The Morgan fingerprint density at radius 1 is 1.53 bits per heavy atom. The Morgan fingerprint density at radius 2 is 2.18 bits per heavy atom. The van der Waals surface area contributed by atoms with Crippen molar-refractivity contribution < 1.29 is 0 Å². The summed E-state index contributed by atoms with van der Waals surface area (Å²) in [5.74, 6) is 0. The molecule has 94 valence electrons. The van der Waals surface area contributed by atoms with Gasteiger partial charge in [0.1, 0.15) is 5.54 Å². The van der Waals surface area contributed by atoms with Gasteiger partial charge < -0.3 is 5.32 Å². The van der Waals surface area contributed by atoms with Crippen LogP contribution in [0.1, 0.15) is 31.2 Å². The number of aryl methyl sites for hydroxylation is 2. The summed E-state index contributed by atoms with van der Waals surface area (Å²) in [6.07, 6.45) is 1.68. The SMILES string of the molecule is CNC(C)(C#N)CCCn1nc(C)c(Cl)c1C. The summed E-state index contributed by atoms with van der Waals surface area (Å²) >= 11 is 6.07. The topological polar surface area (TPSA) is 53.6 Å². The van der Waals surface area contributed by atoms with Gasteiger partial charge >= 0.3 is 0 Å². The number of hydrogen-bond donors (Lipinski definition) is 1. The van der Waals surface area contributed by atoms with Crippen LogP contribution in [0.3, 0.4) is 0 Å². The Balaban J connectivity index is 2.58. The summed E-state index contributed by atoms with van der Waals surface area (Å²) in [5.41, 5.74) is 1.40. The number of rotatable bonds is 5. The number of aromatic nitrogens is 2. The molecule has 1 atom stereocenters. The van der Waals surface area contributed by atoms with E-state index in [1.165, 1.54) is 0 Å². The van der Waals surface area contributed by atoms with Crippen molar-refractivity contribution in [1.82, 2.24) is 15.1 Å². The zero-order chi connectivity index (χ0) is 13.1. The maximum Gasteiger partial charge on any atom is 0.103 e. The fraction of sp³-hybridized carbons (Fsp3) is 0.667. The number of hydrogen-bond acceptors (Lipinski definition) is 3. The highest BCUT2D eigenvalue weighted by molar-refractivity contribution is 6.31. The van der Waals surface area contributed by atoms with Gasteiger partial charge in [-0.2, -0.15) is 10.4 Å². The minimum Gasteiger partial charge on any atom is -0.303 e. The van der Waals surface area contributed by atoms with Gasteiger partial charge in [0, 0.05) is 6.54 Å². The lowest BCUT2D eigenvalue weighted by Gasteiger charge is -2.20. The summed E-state index contributed by atoms with van der Waals surface area (Å²) in [7, 11) is 1.81. The van der Waals surface area contributed by atoms with Crippen LogP contribution in [-0.4, -0.2) is 22.4 Å². The summed E-state index contributed by atoms with van der Waals surface area (Å²) in [4.78, 5) is 0. The van der Waals surface area contributed by atoms with Crippen molar-refractivity contribution in [2.45, 2.75) is 45.7 Å². The van der Waals surface area contributed by atoms with Crippen LogP contribution in [0.4, 0.5) is 0 Å². The van der Waals surface area contributed by atoms with Gasteiger partial charge in [0.2, 0.25) is 0 Å². The van der Waals surface area contributed by atoms with Crippen molar-refractivity contribution in [3.63, 3.8) is 0 Å². The Labute approximate surface area is 108 Å². The number of halogens is 1. The Morgan fingerprint density at radius 3 is 2.59 bits per heavy atom. The maximum absolute atomic E-state index is 9.03. The van der Waals surface area contributed by atoms with Gasteiger partial charge in [-0.05, 0) is 40.7 Å². The van der Waals surface area contributed by atoms with Crippen molar-refractivity contribution in [3.8, 4) is 6.07 Å². The molecule has 0 aliphatic carbocycles. The van der Waals surface area contributed by atoms with E-state index in [4.69, 9.17) is 16.9 Å². The lowest BCUT2D eigenvalue weighted by atomic mass is 9.98. The highest BCUT2D eigenvalue weighted by atomic mass is 35.5. The molecule has 1 heterocycles. The molecular weight excluding hydrogens is 236 g/mol. The van der Waals surface area contributed by atoms with Crippen molar-refractivity contribution >= 4 is 11.6 Å². The van der Waals surface area contributed by atoms with E-state index in [1.54, 1.807) is 0 Å². The van der Waals surface area contributed by atoms with Crippen LogP contribution in [0.2, 0.25) is 5.02 Å². The molecule has 0 aromatic carbocycles. The van der Waals surface area contributed by atoms with E-state index < -0.39 is 5.54 Å². The Hall–Kier alpha value is -1.05. The van der Waals surface area contributed by atoms with E-state index >= 15 is 0 Å². The number of nitriles is 1. The van der Waals surface area contributed by atoms with E-state index in [-0.39, 0.29) is 0 Å². The first-order valence-corrected chi connectivity index (χ1v) is 6.11. The minimum atomic E-state index is -0.458. The second-order valence-electron chi connectivity index (χ2n) is 4.51. The molecule has 17 heavy (non-hydrogen) atoms. The fourth-order valence-electron chi connectivity index (χ4n) is 1.71. The van der Waals surface area contributed by atoms with E-state index in [0.717, 1.165) is 35.8 Å². The predicted octanol–water partition coefficient (Wildman–Crippen LogP) is 2.44. The third-order valence-electron chi connectivity index (χ3n) is 3.14. The van der Waals surface area contributed by atoms with Crippen LogP contribution < -0.4 is 5.32 Å². The first kappa shape index (κ1) is 14.0. The monoisotopic (exact) mass is 254 g/mol. The molecule has 0 aliphatic rings. The summed E-state index contributed by atoms with van der Waals surface area (Å²) < 4.78 is 1.91. The zero-order valence-corrected chi connectivity index (χ0v) is 11.6. The molecule has 0 radical (unpaired) electrons. The molecule has 0 bridgehead atoms. The van der Waals surface area contributed by atoms with Gasteiger partial charge in [0.15, 0.2) is 0 Å². The van der Waals surface area contributed by atoms with Crippen molar-refractivity contribution in [3.05, 3.63) is 16.4 Å². The average Bonchev–Trinajstić information content (AvgIpc) is 2.57. The molecule has 5 heteroatoms. The van der Waals surface area contributed by atoms with E-state index in [1.807, 2.05) is 32.5 Å². The van der Waals surface area contributed by atoms with Gasteiger partial charge in [-0.3, -0.25) is 4.68 Å². The first-order valence-electron chi connectivity index (χ1n) is 5.73. The predicted molar refractivity (Wildman–Crippen MR) is 69.0 cm³/mol. The highest BCUT2D eigenvalue weighted by Gasteiger charge is 2.20. The quantitative estimate of drug-likeness (QED) is 0.878. The molecule has 0 amide bonds. The van der Waals surface area contributed by atoms with Crippen LogP contribution in [0.15, 0.2) is 0 Å². The van der Waals surface area contributed by atoms with Crippen LogP contribution >= 0.6 is 11.6 Å². The maximum atomic E-state index is 9.03. The normalized spacial score (nSPS) is 14.4. The molecule has 0 spiro atoms. The molecule has 1 N–H and O–H groups in total. The Kier molecular flexibility index (Phi) is 4.55. The van der Waals surface area contributed by atoms with Gasteiger partial charge in [-0.15, -0.1) is 0 Å². The molecule has 0 saturated heterocycles. The average molecular weight is 255 g/mol. The van der Waals surface area contributed by atoms with Crippen LogP contribution in [0.5, 0.6) is 0 Å². The Bertz CT molecular complexity index is 432. The molecule has 1 aromatic heterocycles. The minimum absolute atomic E-state index is 0.458. The lowest BCUT2D eigenvalue weighted by Crippen LogP contribution is -2.38. The molecule has 0 fully saturated rings. The third kappa shape index (κ3) is 3.21. The molecule has 1 aromatic rings. The van der Waals surface area contributed by atoms with E-state index in [9.17, 15) is 0 Å². The molecule has 1 unspecified atom stereocenters. The van der Waals surface area contributed by atoms with Crippen LogP contribution in [-0.2, 0) is 6.54 Å². The molecule has 1 rings (SSSR count). The molecule has 4 nitrogen and oxygen atoms in total. The molecule has 0 saturated carbocycles. The number of nitrogens with one attached hydrogen (secondary N) is 1. The standard InChI is InChI=1S/C12H19ClN4/c1-9-11(13)10(2)17(16-9)7-5-6-12(3,8-14)15-4/h15H,5-7H2,1-4H3. The second-order valence-corrected chi connectivity index (χ2v) is 4.88. The van der Waals surface area contributed by atoms with Crippen molar-refractivity contribution in [2.24, 2.45) is 0 Å². The van der Waals surface area contributed by atoms with Crippen molar-refractivity contribution in [1.29, 1.82) is 5.26 Å². The molecule has 0 aliphatic heterocycles. The first-order chi connectivity index (χ1) is 7.93. The van der Waals surface area contributed by atoms with Gasteiger partial charge in [0.05, 0.1) is 22.5 Å². The van der Waals surface area contributed by atoms with Gasteiger partial charge in [-0.1, -0.05) is 11.6 Å². The summed E-state index contributed by atoms with van der Waals surface area (Å²) in [6.45, 7) is 6.56. The fourth-order valence-corrected chi connectivity index (χ4v) is 1.85. The third-order valence-corrected chi connectivity index (χ3v) is 3.69. The van der Waals surface area contributed by atoms with Gasteiger partial charge in [-0.25, -0.2) is 0 Å². The van der Waals surface area contributed by atoms with Crippen molar-refractivity contribution in [2.75, 3.05) is 7.05 Å². The van der Waals surface area contributed by atoms with Gasteiger partial charge in [0.25, 0.3) is 0 Å². The number of nitrogens with zero attached hydrogens (tertiary/aromatic N) is 3. The summed E-state index contributed by atoms with van der Waals surface area (Å²) in [6, 6.07) is 2.28. The second kappa shape index (κ2) is 5.52. The van der Waals surface area contributed by atoms with E-state index in [2.05, 4.69) is 16.5 Å². The largest absolute Gasteiger partial charge is 0.303 e. The van der Waals surface area contributed by atoms with E-state index in [0.29, 0.717) is 0 Å². The smallest absolute Gasteiger partial charge is 0.103 e. The summed E-state index contributed by atoms with van der Waals surface area (Å²) in [5, 5.41) is 17.2. The zero-order valence-electron chi connectivity index (χ0n) is 10.8. The molecular formula is C12H19ClN4. The lowest BCUT2D eigenvalue weighted by molar-refractivity contribution is 0.413. The van der Waals surface area contributed by atoms with Crippen LogP contribution in [0, 0.1) is 25.2 Å². The highest BCUT2D eigenvalue weighted by Crippen LogP contribution is 2.20. The van der Waals surface area contributed by atoms with Crippen LogP contribution in [0.25, 0.3) is 0 Å².